The average Bonchev–Trinajstić information content (AvgIpc) is 3.45. The molecule has 37 heavy (non-hydrogen) atoms. The monoisotopic (exact) mass is 507 g/mol. The van der Waals surface area contributed by atoms with Crippen LogP contribution in [0.4, 0.5) is 9.59 Å². The molecule has 1 aromatic carbocycles. The maximum absolute atomic E-state index is 12.2. The molecule has 1 N–H and O–H groups in total. The molecule has 5 atom stereocenters. The number of likely N-dealkylation sites (tertiary alicyclic amines) is 1. The Labute approximate surface area is 218 Å². The maximum atomic E-state index is 12.2. The van der Waals surface area contributed by atoms with Gasteiger partial charge in [-0.15, -0.1) is 0 Å². The number of aryl methyl sites for hydroxylation is 1. The quantitative estimate of drug-likeness (QED) is 0.637. The Morgan fingerprint density at radius 1 is 1.19 bits per heavy atom. The van der Waals surface area contributed by atoms with Crippen LogP contribution in [0.5, 0.6) is 0 Å². The number of hydrogen-bond acceptors (Lipinski definition) is 6. The van der Waals surface area contributed by atoms with Gasteiger partial charge in [-0.3, -0.25) is 4.90 Å². The first kappa shape index (κ1) is 24.3. The third kappa shape index (κ3) is 3.90. The highest BCUT2D eigenvalue weighted by atomic mass is 16.5. The molecule has 2 aliphatic carbocycles. The molecule has 4 aliphatic rings. The zero-order valence-corrected chi connectivity index (χ0v) is 22.0. The number of aromatic nitrogens is 2. The number of rotatable bonds is 6. The number of benzene rings is 1. The number of piperidine rings is 1. The van der Waals surface area contributed by atoms with E-state index in [4.69, 9.17) is 14.5 Å². The average molecular weight is 508 g/mol. The van der Waals surface area contributed by atoms with Gasteiger partial charge < -0.3 is 24.3 Å². The summed E-state index contributed by atoms with van der Waals surface area (Å²) >= 11 is 0. The molecule has 9 heteroatoms. The fourth-order valence-corrected chi connectivity index (χ4v) is 7.80. The highest BCUT2D eigenvalue weighted by molar-refractivity contribution is 5.68. The van der Waals surface area contributed by atoms with E-state index in [1.807, 2.05) is 18.2 Å². The number of ether oxygens (including phenoxy) is 2. The van der Waals surface area contributed by atoms with E-state index < -0.39 is 6.09 Å². The second kappa shape index (κ2) is 9.35. The molecule has 2 amide bonds. The van der Waals surface area contributed by atoms with Crippen molar-refractivity contribution in [3.8, 4) is 0 Å². The highest BCUT2D eigenvalue weighted by Crippen LogP contribution is 2.67. The van der Waals surface area contributed by atoms with Gasteiger partial charge in [-0.2, -0.15) is 0 Å². The van der Waals surface area contributed by atoms with Crippen LogP contribution < -0.4 is 5.32 Å². The lowest BCUT2D eigenvalue weighted by Crippen LogP contribution is -2.74. The summed E-state index contributed by atoms with van der Waals surface area (Å²) in [6, 6.07) is 11.7. The maximum Gasteiger partial charge on any atom is 0.409 e. The number of methoxy groups -OCH3 is 2. The summed E-state index contributed by atoms with van der Waals surface area (Å²) in [6.45, 7) is 4.29. The van der Waals surface area contributed by atoms with E-state index in [1.54, 1.807) is 4.90 Å². The Morgan fingerprint density at radius 3 is 2.70 bits per heavy atom. The van der Waals surface area contributed by atoms with E-state index >= 15 is 0 Å². The van der Waals surface area contributed by atoms with Crippen molar-refractivity contribution in [3.05, 3.63) is 53.1 Å². The van der Waals surface area contributed by atoms with Crippen LogP contribution in [0.3, 0.4) is 0 Å². The molecule has 4 unspecified atom stereocenters. The molecule has 1 saturated heterocycles. The van der Waals surface area contributed by atoms with Crippen molar-refractivity contribution < 1.29 is 19.1 Å². The van der Waals surface area contributed by atoms with Gasteiger partial charge >= 0.3 is 12.2 Å². The number of hydrogen-bond donors (Lipinski definition) is 1. The summed E-state index contributed by atoms with van der Waals surface area (Å²) in [6.07, 6.45) is 5.81. The summed E-state index contributed by atoms with van der Waals surface area (Å²) < 4.78 is 12.3. The number of fused-ring (bicyclic) bond motifs is 1. The zero-order chi connectivity index (χ0) is 25.7. The number of carbonyl (C=O) groups excluding carboxylic acids is 2. The molecule has 9 nitrogen and oxygen atoms in total. The first-order valence-corrected chi connectivity index (χ1v) is 13.5. The van der Waals surface area contributed by atoms with E-state index in [1.165, 1.54) is 39.2 Å². The highest BCUT2D eigenvalue weighted by Gasteiger charge is 2.69. The van der Waals surface area contributed by atoms with Crippen molar-refractivity contribution in [2.24, 2.45) is 5.41 Å². The Hall–Kier alpha value is -3.07. The van der Waals surface area contributed by atoms with Gasteiger partial charge in [-0.25, -0.2) is 14.6 Å². The van der Waals surface area contributed by atoms with Gasteiger partial charge in [0.15, 0.2) is 0 Å². The van der Waals surface area contributed by atoms with Crippen molar-refractivity contribution in [2.45, 2.75) is 76.2 Å². The fourth-order valence-electron chi connectivity index (χ4n) is 7.80. The molecule has 3 fully saturated rings. The van der Waals surface area contributed by atoms with Crippen LogP contribution >= 0.6 is 0 Å². The van der Waals surface area contributed by atoms with Crippen LogP contribution in [0.1, 0.15) is 67.0 Å². The van der Waals surface area contributed by atoms with Crippen LogP contribution in [0, 0.1) is 12.3 Å². The summed E-state index contributed by atoms with van der Waals surface area (Å²) in [5.41, 5.74) is 3.83. The molecule has 2 aromatic rings. The number of nitrogens with zero attached hydrogens (tertiary/aromatic N) is 4. The molecular formula is C28H37N5O4. The Bertz CT molecular complexity index is 1180. The normalized spacial score (nSPS) is 28.7. The number of carbonyl (C=O) groups is 2. The van der Waals surface area contributed by atoms with Crippen molar-refractivity contribution in [3.63, 3.8) is 0 Å². The minimum atomic E-state index is -0.391. The van der Waals surface area contributed by atoms with Gasteiger partial charge in [0.1, 0.15) is 5.82 Å². The predicted molar refractivity (Wildman–Crippen MR) is 137 cm³/mol. The van der Waals surface area contributed by atoms with E-state index in [-0.39, 0.29) is 12.1 Å². The van der Waals surface area contributed by atoms with Gasteiger partial charge in [-0.05, 0) is 44.6 Å². The molecule has 6 rings (SSSR count). The third-order valence-corrected chi connectivity index (χ3v) is 9.50. The van der Waals surface area contributed by atoms with Crippen molar-refractivity contribution in [2.75, 3.05) is 27.3 Å². The fraction of sp³-hybridized carbons (Fsp3) is 0.607. The smallest absolute Gasteiger partial charge is 0.409 e. The SMILES string of the molecule is COC(=O)N[C@@H](CCN1C2CCC23CC(n2c(C)nc4c2CN(C(=O)OC)CC4)CC13)c1ccccc1. The van der Waals surface area contributed by atoms with Gasteiger partial charge in [-0.1, -0.05) is 30.3 Å². The van der Waals surface area contributed by atoms with E-state index in [0.717, 1.165) is 42.9 Å². The van der Waals surface area contributed by atoms with Gasteiger partial charge in [0.2, 0.25) is 0 Å². The summed E-state index contributed by atoms with van der Waals surface area (Å²) in [5.74, 6) is 1.06. The second-order valence-corrected chi connectivity index (χ2v) is 11.1. The number of amides is 2. The lowest BCUT2D eigenvalue weighted by Gasteiger charge is -2.68. The van der Waals surface area contributed by atoms with Crippen molar-refractivity contribution in [1.29, 1.82) is 0 Å². The largest absolute Gasteiger partial charge is 0.453 e. The first-order valence-electron chi connectivity index (χ1n) is 13.5. The third-order valence-electron chi connectivity index (χ3n) is 9.50. The molecule has 1 aromatic heterocycles. The summed E-state index contributed by atoms with van der Waals surface area (Å²) in [4.78, 5) is 33.7. The van der Waals surface area contributed by atoms with Crippen LogP contribution in [0.15, 0.2) is 30.3 Å². The number of alkyl carbamates (subject to hydrolysis) is 1. The molecule has 0 bridgehead atoms. The Balaban J connectivity index is 1.17. The molecular weight excluding hydrogens is 470 g/mol. The Kier molecular flexibility index (Phi) is 6.13. The molecule has 1 spiro atoms. The Morgan fingerprint density at radius 2 is 2.00 bits per heavy atom. The lowest BCUT2D eigenvalue weighted by molar-refractivity contribution is -0.188. The topological polar surface area (TPSA) is 88.9 Å². The minimum absolute atomic E-state index is 0.0758. The standard InChI is InChI=1S/C28H37N5O4/c1-18-29-22-10-13-31(27(35)37-3)17-23(22)33(18)20-15-25-28(16-20)12-9-24(28)32(25)14-11-21(30-26(34)36-2)19-7-5-4-6-8-19/h4-8,20-21,24-25H,9-17H2,1-3H3,(H,30,34)/t20?,21-,24?,25?,28?/m0/s1. The molecule has 2 saturated carbocycles. The number of nitrogens with one attached hydrogen (secondary N) is 1. The molecule has 2 aliphatic heterocycles. The van der Waals surface area contributed by atoms with Crippen LogP contribution in [-0.4, -0.2) is 70.9 Å². The summed E-state index contributed by atoms with van der Waals surface area (Å²) in [7, 11) is 2.86. The van der Waals surface area contributed by atoms with Gasteiger partial charge in [0.25, 0.3) is 0 Å². The molecule has 0 radical (unpaired) electrons. The first-order chi connectivity index (χ1) is 17.9. The predicted octanol–water partition coefficient (Wildman–Crippen LogP) is 3.97. The summed E-state index contributed by atoms with van der Waals surface area (Å²) in [5, 5.41) is 3.04. The second-order valence-electron chi connectivity index (χ2n) is 11.1. The van der Waals surface area contributed by atoms with E-state index in [0.29, 0.717) is 36.6 Å². The van der Waals surface area contributed by atoms with Crippen LogP contribution in [0.2, 0.25) is 0 Å². The van der Waals surface area contributed by atoms with Crippen molar-refractivity contribution >= 4 is 12.2 Å². The van der Waals surface area contributed by atoms with Gasteiger partial charge in [0.05, 0.1) is 38.2 Å². The van der Waals surface area contributed by atoms with E-state index in [9.17, 15) is 9.59 Å². The lowest BCUT2D eigenvalue weighted by atomic mass is 9.53. The van der Waals surface area contributed by atoms with Gasteiger partial charge in [0, 0.05) is 43.1 Å². The molecule has 3 heterocycles. The number of imidazole rings is 1. The van der Waals surface area contributed by atoms with Crippen LogP contribution in [0.25, 0.3) is 0 Å². The van der Waals surface area contributed by atoms with E-state index in [2.05, 4.69) is 33.8 Å². The van der Waals surface area contributed by atoms with Crippen LogP contribution in [-0.2, 0) is 22.4 Å². The van der Waals surface area contributed by atoms with Crippen molar-refractivity contribution in [1.82, 2.24) is 24.7 Å². The zero-order valence-electron chi connectivity index (χ0n) is 22.0. The minimum Gasteiger partial charge on any atom is -0.453 e. The molecule has 198 valence electrons.